The van der Waals surface area contributed by atoms with Crippen LogP contribution in [0.25, 0.3) is 0 Å². The molecular weight excluding hydrogens is 289 g/mol. The Kier molecular flexibility index (Phi) is 5.02. The number of hydrazine groups is 1. The molecule has 0 bridgehead atoms. The van der Waals surface area contributed by atoms with Crippen molar-refractivity contribution in [2.24, 2.45) is 0 Å². The van der Waals surface area contributed by atoms with Crippen LogP contribution in [-0.4, -0.2) is 22.9 Å². The van der Waals surface area contributed by atoms with Crippen LogP contribution < -0.4 is 15.6 Å². The van der Waals surface area contributed by atoms with E-state index >= 15 is 0 Å². The minimum Gasteiger partial charge on any atom is -0.478 e. The van der Waals surface area contributed by atoms with Gasteiger partial charge in [-0.3, -0.25) is 25.4 Å². The highest BCUT2D eigenvalue weighted by molar-refractivity contribution is 5.95. The molecule has 1 atom stereocenters. The van der Waals surface area contributed by atoms with Crippen molar-refractivity contribution in [1.82, 2.24) is 15.8 Å². The second kappa shape index (κ2) is 7.16. The number of rotatable bonds is 4. The van der Waals surface area contributed by atoms with Crippen molar-refractivity contribution < 1.29 is 18.7 Å². The maximum absolute atomic E-state index is 13.4. The van der Waals surface area contributed by atoms with Crippen LogP contribution in [-0.2, 0) is 4.79 Å². The largest absolute Gasteiger partial charge is 0.478 e. The Morgan fingerprint density at radius 3 is 2.50 bits per heavy atom. The van der Waals surface area contributed by atoms with Gasteiger partial charge in [0.1, 0.15) is 0 Å². The molecule has 0 aliphatic rings. The van der Waals surface area contributed by atoms with Crippen molar-refractivity contribution in [3.05, 3.63) is 60.2 Å². The van der Waals surface area contributed by atoms with Gasteiger partial charge in [-0.2, -0.15) is 0 Å². The molecule has 2 amide bonds. The highest BCUT2D eigenvalue weighted by Crippen LogP contribution is 2.16. The van der Waals surface area contributed by atoms with E-state index in [0.717, 1.165) is 0 Å². The van der Waals surface area contributed by atoms with Crippen molar-refractivity contribution in [1.29, 1.82) is 0 Å². The molecule has 7 heteroatoms. The van der Waals surface area contributed by atoms with Gasteiger partial charge < -0.3 is 4.74 Å². The van der Waals surface area contributed by atoms with Crippen LogP contribution in [0.1, 0.15) is 17.3 Å². The maximum Gasteiger partial charge on any atom is 0.279 e. The Balaban J connectivity index is 1.87. The standard InChI is InChI=1S/C15H14FN3O3/c1-10(22-13-5-3-2-4-12(13)16)14(20)18-19-15(21)11-6-8-17-9-7-11/h2-10H,1H3,(H,18,20)(H,19,21). The number of hydrogen-bond acceptors (Lipinski definition) is 4. The molecule has 0 aliphatic carbocycles. The number of pyridine rings is 1. The summed E-state index contributed by atoms with van der Waals surface area (Å²) in [5.41, 5.74) is 4.80. The fraction of sp³-hybridized carbons (Fsp3) is 0.133. The Morgan fingerprint density at radius 1 is 1.14 bits per heavy atom. The molecule has 0 aliphatic heterocycles. The molecule has 1 aromatic heterocycles. The molecule has 1 heterocycles. The Morgan fingerprint density at radius 2 is 1.82 bits per heavy atom. The van der Waals surface area contributed by atoms with Crippen molar-refractivity contribution in [3.63, 3.8) is 0 Å². The van der Waals surface area contributed by atoms with Crippen LogP contribution in [0.2, 0.25) is 0 Å². The highest BCUT2D eigenvalue weighted by Gasteiger charge is 2.17. The van der Waals surface area contributed by atoms with Gasteiger partial charge in [0.25, 0.3) is 11.8 Å². The molecular formula is C15H14FN3O3. The van der Waals surface area contributed by atoms with Gasteiger partial charge in [-0.25, -0.2) is 4.39 Å². The summed E-state index contributed by atoms with van der Waals surface area (Å²) in [5.74, 6) is -1.70. The first-order valence-corrected chi connectivity index (χ1v) is 6.49. The van der Waals surface area contributed by atoms with Crippen molar-refractivity contribution in [2.75, 3.05) is 0 Å². The monoisotopic (exact) mass is 303 g/mol. The number of ether oxygens (including phenoxy) is 1. The van der Waals surface area contributed by atoms with E-state index in [0.29, 0.717) is 5.56 Å². The van der Waals surface area contributed by atoms with E-state index in [1.807, 2.05) is 0 Å². The Bertz CT molecular complexity index is 664. The van der Waals surface area contributed by atoms with Crippen molar-refractivity contribution in [2.45, 2.75) is 13.0 Å². The van der Waals surface area contributed by atoms with E-state index in [9.17, 15) is 14.0 Å². The lowest BCUT2D eigenvalue weighted by Crippen LogP contribution is -2.47. The van der Waals surface area contributed by atoms with Crippen LogP contribution in [0.4, 0.5) is 4.39 Å². The summed E-state index contributed by atoms with van der Waals surface area (Å²) in [4.78, 5) is 27.3. The fourth-order valence-corrected chi connectivity index (χ4v) is 1.58. The molecule has 6 nitrogen and oxygen atoms in total. The number of para-hydroxylation sites is 1. The normalized spacial score (nSPS) is 11.4. The molecule has 1 unspecified atom stereocenters. The second-order valence-corrected chi connectivity index (χ2v) is 4.37. The van der Waals surface area contributed by atoms with Crippen LogP contribution in [0.15, 0.2) is 48.8 Å². The number of aromatic nitrogens is 1. The predicted molar refractivity (Wildman–Crippen MR) is 76.3 cm³/mol. The number of amides is 2. The molecule has 2 N–H and O–H groups in total. The third-order valence-corrected chi connectivity index (χ3v) is 2.75. The quantitative estimate of drug-likeness (QED) is 0.838. The molecule has 0 spiro atoms. The second-order valence-electron chi connectivity index (χ2n) is 4.37. The van der Waals surface area contributed by atoms with E-state index in [1.165, 1.54) is 49.6 Å². The van der Waals surface area contributed by atoms with E-state index < -0.39 is 23.7 Å². The summed E-state index contributed by atoms with van der Waals surface area (Å²) >= 11 is 0. The zero-order chi connectivity index (χ0) is 15.9. The molecule has 0 fully saturated rings. The summed E-state index contributed by atoms with van der Waals surface area (Å²) in [5, 5.41) is 0. The molecule has 0 radical (unpaired) electrons. The smallest absolute Gasteiger partial charge is 0.279 e. The number of carbonyl (C=O) groups is 2. The van der Waals surface area contributed by atoms with Gasteiger partial charge >= 0.3 is 0 Å². The van der Waals surface area contributed by atoms with E-state index in [2.05, 4.69) is 15.8 Å². The minimum atomic E-state index is -0.977. The number of benzene rings is 1. The zero-order valence-corrected chi connectivity index (χ0v) is 11.7. The first kappa shape index (κ1) is 15.4. The van der Waals surface area contributed by atoms with Crippen molar-refractivity contribution >= 4 is 11.8 Å². The topological polar surface area (TPSA) is 80.3 Å². The summed E-state index contributed by atoms with van der Waals surface area (Å²) in [6.45, 7) is 1.44. The average Bonchev–Trinajstić information content (AvgIpc) is 2.55. The van der Waals surface area contributed by atoms with Crippen LogP contribution in [0, 0.1) is 5.82 Å². The highest BCUT2D eigenvalue weighted by atomic mass is 19.1. The first-order chi connectivity index (χ1) is 10.6. The van der Waals surface area contributed by atoms with Gasteiger partial charge in [-0.1, -0.05) is 12.1 Å². The van der Waals surface area contributed by atoms with E-state index in [4.69, 9.17) is 4.74 Å². The Labute approximate surface area is 126 Å². The lowest BCUT2D eigenvalue weighted by molar-refractivity contribution is -0.128. The van der Waals surface area contributed by atoms with Gasteiger partial charge in [0.2, 0.25) is 0 Å². The average molecular weight is 303 g/mol. The lowest BCUT2D eigenvalue weighted by atomic mass is 10.2. The third kappa shape index (κ3) is 4.02. The van der Waals surface area contributed by atoms with Gasteiger partial charge in [-0.15, -0.1) is 0 Å². The molecule has 0 saturated heterocycles. The van der Waals surface area contributed by atoms with Crippen LogP contribution in [0.3, 0.4) is 0 Å². The number of nitrogens with zero attached hydrogens (tertiary/aromatic N) is 1. The molecule has 114 valence electrons. The minimum absolute atomic E-state index is 0.0365. The van der Waals surface area contributed by atoms with Crippen LogP contribution >= 0.6 is 0 Å². The summed E-state index contributed by atoms with van der Waals surface area (Å²) in [6, 6.07) is 8.75. The van der Waals surface area contributed by atoms with E-state index in [1.54, 1.807) is 6.07 Å². The molecule has 1 aromatic carbocycles. The molecule has 0 saturated carbocycles. The van der Waals surface area contributed by atoms with Gasteiger partial charge in [0.15, 0.2) is 17.7 Å². The van der Waals surface area contributed by atoms with Gasteiger partial charge in [0.05, 0.1) is 0 Å². The maximum atomic E-state index is 13.4. The molecule has 22 heavy (non-hydrogen) atoms. The Hall–Kier alpha value is -2.96. The number of hydrogen-bond donors (Lipinski definition) is 2. The van der Waals surface area contributed by atoms with Gasteiger partial charge in [0, 0.05) is 18.0 Å². The molecule has 2 rings (SSSR count). The van der Waals surface area contributed by atoms with Crippen molar-refractivity contribution in [3.8, 4) is 5.75 Å². The summed E-state index contributed by atoms with van der Waals surface area (Å²) < 4.78 is 18.6. The molecule has 2 aromatic rings. The number of nitrogens with one attached hydrogen (secondary N) is 2. The zero-order valence-electron chi connectivity index (χ0n) is 11.7. The van der Waals surface area contributed by atoms with Gasteiger partial charge in [-0.05, 0) is 31.2 Å². The number of carbonyl (C=O) groups excluding carboxylic acids is 2. The van der Waals surface area contributed by atoms with Crippen LogP contribution in [0.5, 0.6) is 5.75 Å². The predicted octanol–water partition coefficient (Wildman–Crippen LogP) is 1.45. The SMILES string of the molecule is CC(Oc1ccccc1F)C(=O)NNC(=O)c1ccncc1. The number of halogens is 1. The third-order valence-electron chi connectivity index (χ3n) is 2.75. The van der Waals surface area contributed by atoms with E-state index in [-0.39, 0.29) is 5.75 Å². The first-order valence-electron chi connectivity index (χ1n) is 6.49. The lowest BCUT2D eigenvalue weighted by Gasteiger charge is -2.15. The summed E-state index contributed by atoms with van der Waals surface area (Å²) in [6.07, 6.45) is 1.94. The fourth-order valence-electron chi connectivity index (χ4n) is 1.58. The summed E-state index contributed by atoms with van der Waals surface area (Å²) in [7, 11) is 0.